The Hall–Kier alpha value is -1.82. The van der Waals surface area contributed by atoms with E-state index in [0.29, 0.717) is 5.56 Å². The van der Waals surface area contributed by atoms with Crippen LogP contribution >= 0.6 is 15.9 Å². The van der Waals surface area contributed by atoms with Crippen molar-refractivity contribution < 1.29 is 12.8 Å². The third kappa shape index (κ3) is 3.48. The topological polar surface area (TPSA) is 74.1 Å². The van der Waals surface area contributed by atoms with Crippen LogP contribution in [0.25, 0.3) is 0 Å². The molecule has 2 aromatic rings. The lowest BCUT2D eigenvalue weighted by Gasteiger charge is -2.27. The highest BCUT2D eigenvalue weighted by atomic mass is 79.9. The minimum atomic E-state index is -4.09. The zero-order valence-corrected chi connectivity index (χ0v) is 15.5. The van der Waals surface area contributed by atoms with Crippen LogP contribution in [-0.2, 0) is 10.0 Å². The molecule has 1 aromatic heterocycles. The predicted molar refractivity (Wildman–Crippen MR) is 91.0 cm³/mol. The van der Waals surface area contributed by atoms with E-state index in [-0.39, 0.29) is 16.6 Å². The molecule has 0 bridgehead atoms. The van der Waals surface area contributed by atoms with E-state index < -0.39 is 26.8 Å². The zero-order chi connectivity index (χ0) is 17.9. The smallest absolute Gasteiger partial charge is 0.246 e. The van der Waals surface area contributed by atoms with Gasteiger partial charge < -0.3 is 0 Å². The summed E-state index contributed by atoms with van der Waals surface area (Å²) < 4.78 is 41.5. The number of sulfonamides is 1. The lowest BCUT2D eigenvalue weighted by atomic mass is 10.1. The molecule has 1 aromatic carbocycles. The highest BCUT2D eigenvalue weighted by Crippen LogP contribution is 2.31. The Kier molecular flexibility index (Phi) is 5.70. The summed E-state index contributed by atoms with van der Waals surface area (Å²) in [4.78, 5) is 3.53. The molecule has 0 saturated carbocycles. The highest BCUT2D eigenvalue weighted by molar-refractivity contribution is 9.10. The predicted octanol–water partition coefficient (Wildman–Crippen LogP) is 3.63. The monoisotopic (exact) mass is 411 g/mol. The molecule has 24 heavy (non-hydrogen) atoms. The first-order chi connectivity index (χ1) is 11.3. The number of aromatic nitrogens is 1. The van der Waals surface area contributed by atoms with E-state index in [1.165, 1.54) is 4.31 Å². The first kappa shape index (κ1) is 18.5. The molecule has 0 N–H and O–H groups in total. The second kappa shape index (κ2) is 7.38. The average molecular weight is 412 g/mol. The fourth-order valence-corrected chi connectivity index (χ4v) is 4.67. The van der Waals surface area contributed by atoms with Gasteiger partial charge in [0.2, 0.25) is 10.0 Å². The number of rotatable bonds is 5. The minimum absolute atomic E-state index is 0.0369. The van der Waals surface area contributed by atoms with Gasteiger partial charge in [-0.2, -0.15) is 9.57 Å². The van der Waals surface area contributed by atoms with Gasteiger partial charge in [0.15, 0.2) is 0 Å². The maximum atomic E-state index is 14.3. The van der Waals surface area contributed by atoms with Crippen molar-refractivity contribution in [2.24, 2.45) is 0 Å². The van der Waals surface area contributed by atoms with Gasteiger partial charge in [0, 0.05) is 29.5 Å². The molecular weight excluding hydrogens is 397 g/mol. The number of pyridine rings is 1. The van der Waals surface area contributed by atoms with Crippen LogP contribution in [-0.4, -0.2) is 24.3 Å². The first-order valence-electron chi connectivity index (χ1n) is 7.13. The number of halogens is 2. The van der Waals surface area contributed by atoms with Crippen molar-refractivity contribution in [3.63, 3.8) is 0 Å². The van der Waals surface area contributed by atoms with Crippen LogP contribution in [0.2, 0.25) is 0 Å². The van der Waals surface area contributed by atoms with Gasteiger partial charge in [-0.1, -0.05) is 13.0 Å². The number of benzene rings is 1. The summed E-state index contributed by atoms with van der Waals surface area (Å²) in [5.74, 6) is -0.952. The van der Waals surface area contributed by atoms with Gasteiger partial charge in [-0.25, -0.2) is 12.8 Å². The minimum Gasteiger partial charge on any atom is -0.264 e. The maximum absolute atomic E-state index is 14.3. The molecule has 8 heteroatoms. The molecule has 2 rings (SSSR count). The molecule has 0 radical (unpaired) electrons. The normalized spacial score (nSPS) is 12.8. The molecule has 0 unspecified atom stereocenters. The summed E-state index contributed by atoms with van der Waals surface area (Å²) in [6, 6.07) is 6.81. The van der Waals surface area contributed by atoms with Crippen LogP contribution in [0.1, 0.15) is 31.0 Å². The Balaban J connectivity index is 2.52. The van der Waals surface area contributed by atoms with Crippen LogP contribution in [0.5, 0.6) is 0 Å². The lowest BCUT2D eigenvalue weighted by molar-refractivity contribution is 0.354. The SMILES string of the molecule is CCN([C@H](C)c1cccnc1)S(=O)(=O)c1cc(Br)c(C#N)cc1F. The molecular formula is C16H15BrFN3O2S. The summed E-state index contributed by atoms with van der Waals surface area (Å²) in [5.41, 5.74) is 0.742. The summed E-state index contributed by atoms with van der Waals surface area (Å²) in [6.45, 7) is 3.56. The summed E-state index contributed by atoms with van der Waals surface area (Å²) in [5, 5.41) is 8.92. The van der Waals surface area contributed by atoms with E-state index in [9.17, 15) is 12.8 Å². The largest absolute Gasteiger partial charge is 0.264 e. The van der Waals surface area contributed by atoms with Crippen molar-refractivity contribution in [1.82, 2.24) is 9.29 Å². The van der Waals surface area contributed by atoms with Crippen molar-refractivity contribution >= 4 is 26.0 Å². The highest BCUT2D eigenvalue weighted by Gasteiger charge is 2.31. The van der Waals surface area contributed by atoms with Crippen molar-refractivity contribution in [3.05, 3.63) is 58.1 Å². The quantitative estimate of drug-likeness (QED) is 0.752. The van der Waals surface area contributed by atoms with E-state index in [1.54, 1.807) is 44.4 Å². The fourth-order valence-electron chi connectivity index (χ4n) is 2.38. The Morgan fingerprint density at radius 3 is 2.71 bits per heavy atom. The second-order valence-electron chi connectivity index (χ2n) is 5.04. The van der Waals surface area contributed by atoms with E-state index >= 15 is 0 Å². The van der Waals surface area contributed by atoms with E-state index in [4.69, 9.17) is 5.26 Å². The number of nitriles is 1. The van der Waals surface area contributed by atoms with E-state index in [2.05, 4.69) is 20.9 Å². The van der Waals surface area contributed by atoms with Gasteiger partial charge in [0.05, 0.1) is 5.56 Å². The Morgan fingerprint density at radius 1 is 1.46 bits per heavy atom. The van der Waals surface area contributed by atoms with Gasteiger partial charge >= 0.3 is 0 Å². The van der Waals surface area contributed by atoms with Crippen molar-refractivity contribution in [3.8, 4) is 6.07 Å². The van der Waals surface area contributed by atoms with Gasteiger partial charge in [-0.05, 0) is 46.6 Å². The molecule has 126 valence electrons. The van der Waals surface area contributed by atoms with Crippen molar-refractivity contribution in [2.45, 2.75) is 24.8 Å². The molecule has 1 atom stereocenters. The molecule has 0 amide bonds. The van der Waals surface area contributed by atoms with Crippen molar-refractivity contribution in [2.75, 3.05) is 6.54 Å². The number of nitrogens with zero attached hydrogens (tertiary/aromatic N) is 3. The molecule has 0 fully saturated rings. The molecule has 0 aliphatic heterocycles. The molecule has 0 aliphatic carbocycles. The number of hydrogen-bond acceptors (Lipinski definition) is 4. The van der Waals surface area contributed by atoms with Crippen LogP contribution in [0.3, 0.4) is 0 Å². The first-order valence-corrected chi connectivity index (χ1v) is 9.37. The third-order valence-electron chi connectivity index (χ3n) is 3.64. The standard InChI is InChI=1S/C16H15BrFN3O2S/c1-3-21(11(2)12-5-4-6-20-10-12)24(22,23)16-8-14(17)13(9-19)7-15(16)18/h4-8,10-11H,3H2,1-2H3/t11-/m1/s1. The zero-order valence-electron chi connectivity index (χ0n) is 13.1. The third-order valence-corrected chi connectivity index (χ3v) is 6.36. The lowest BCUT2D eigenvalue weighted by Crippen LogP contribution is -2.34. The van der Waals surface area contributed by atoms with Gasteiger partial charge in [0.1, 0.15) is 16.8 Å². The maximum Gasteiger partial charge on any atom is 0.246 e. The van der Waals surface area contributed by atoms with Crippen LogP contribution in [0.4, 0.5) is 4.39 Å². The van der Waals surface area contributed by atoms with E-state index in [1.807, 2.05) is 0 Å². The molecule has 0 spiro atoms. The fraction of sp³-hybridized carbons (Fsp3) is 0.250. The molecule has 0 saturated heterocycles. The Morgan fingerprint density at radius 2 is 2.17 bits per heavy atom. The van der Waals surface area contributed by atoms with Gasteiger partial charge in [-0.15, -0.1) is 0 Å². The average Bonchev–Trinajstić information content (AvgIpc) is 2.57. The number of hydrogen-bond donors (Lipinski definition) is 0. The van der Waals surface area contributed by atoms with E-state index in [0.717, 1.165) is 12.1 Å². The molecule has 5 nitrogen and oxygen atoms in total. The summed E-state index contributed by atoms with van der Waals surface area (Å²) in [6.07, 6.45) is 3.17. The van der Waals surface area contributed by atoms with Crippen molar-refractivity contribution in [1.29, 1.82) is 5.26 Å². The van der Waals surface area contributed by atoms with Crippen LogP contribution < -0.4 is 0 Å². The Bertz CT molecular complexity index is 882. The van der Waals surface area contributed by atoms with Gasteiger partial charge in [0.25, 0.3) is 0 Å². The summed E-state index contributed by atoms with van der Waals surface area (Å²) in [7, 11) is -4.09. The molecule has 0 aliphatic rings. The van der Waals surface area contributed by atoms with Gasteiger partial charge in [-0.3, -0.25) is 4.98 Å². The van der Waals surface area contributed by atoms with Crippen LogP contribution in [0, 0.1) is 17.1 Å². The second-order valence-corrected chi connectivity index (χ2v) is 7.76. The molecule has 1 heterocycles. The Labute approximate surface area is 148 Å². The summed E-state index contributed by atoms with van der Waals surface area (Å²) >= 11 is 3.10. The van der Waals surface area contributed by atoms with Crippen LogP contribution in [0.15, 0.2) is 46.0 Å².